The van der Waals surface area contributed by atoms with Gasteiger partial charge in [0.25, 0.3) is 0 Å². The van der Waals surface area contributed by atoms with Gasteiger partial charge in [-0.2, -0.15) is 0 Å². The summed E-state index contributed by atoms with van der Waals surface area (Å²) >= 11 is 0. The first-order chi connectivity index (χ1) is 12.4. The van der Waals surface area contributed by atoms with Crippen LogP contribution in [-0.2, 0) is 9.59 Å². The van der Waals surface area contributed by atoms with Crippen molar-refractivity contribution in [3.05, 3.63) is 23.8 Å². The molecule has 2 rings (SSSR count). The topological polar surface area (TPSA) is 52.6 Å². The summed E-state index contributed by atoms with van der Waals surface area (Å²) in [6, 6.07) is 6.21. The number of anilines is 2. The smallest absolute Gasteiger partial charge is 0.227 e. The summed E-state index contributed by atoms with van der Waals surface area (Å²) < 4.78 is 0. The zero-order chi connectivity index (χ0) is 19.3. The van der Waals surface area contributed by atoms with Crippen molar-refractivity contribution >= 4 is 23.2 Å². The lowest BCUT2D eigenvalue weighted by molar-refractivity contribution is -0.126. The van der Waals surface area contributed by atoms with Gasteiger partial charge < -0.3 is 15.1 Å². The summed E-state index contributed by atoms with van der Waals surface area (Å²) in [5.41, 5.74) is 3.16. The van der Waals surface area contributed by atoms with Crippen LogP contribution in [-0.4, -0.2) is 38.0 Å². The van der Waals surface area contributed by atoms with Crippen molar-refractivity contribution in [2.24, 2.45) is 11.8 Å². The Hall–Kier alpha value is -2.04. The second-order valence-electron chi connectivity index (χ2n) is 7.52. The average Bonchev–Trinajstić information content (AvgIpc) is 2.97. The summed E-state index contributed by atoms with van der Waals surface area (Å²) in [4.78, 5) is 28.9. The van der Waals surface area contributed by atoms with Gasteiger partial charge in [0.05, 0.1) is 5.92 Å². The first-order valence-electron chi connectivity index (χ1n) is 9.81. The Labute approximate surface area is 157 Å². The number of carbonyl (C=O) groups excluding carboxylic acids is 2. The molecule has 1 aliphatic heterocycles. The molecule has 0 aromatic heterocycles. The summed E-state index contributed by atoms with van der Waals surface area (Å²) in [5, 5.41) is 2.98. The molecule has 1 aliphatic rings. The number of carbonyl (C=O) groups is 2. The molecule has 1 unspecified atom stereocenters. The molecule has 5 nitrogen and oxygen atoms in total. The van der Waals surface area contributed by atoms with Crippen LogP contribution in [0.1, 0.15) is 46.1 Å². The van der Waals surface area contributed by atoms with E-state index in [0.717, 1.165) is 30.8 Å². The Morgan fingerprint density at radius 2 is 2.00 bits per heavy atom. The first kappa shape index (κ1) is 20.3. The van der Waals surface area contributed by atoms with Crippen LogP contribution in [0.15, 0.2) is 18.2 Å². The number of rotatable bonds is 8. The molecule has 0 saturated carbocycles. The van der Waals surface area contributed by atoms with Crippen molar-refractivity contribution < 1.29 is 9.59 Å². The molecule has 1 aromatic rings. The summed E-state index contributed by atoms with van der Waals surface area (Å²) in [7, 11) is 0. The molecule has 1 aromatic carbocycles. The Morgan fingerprint density at radius 1 is 1.31 bits per heavy atom. The third-order valence-electron chi connectivity index (χ3n) is 5.12. The van der Waals surface area contributed by atoms with Gasteiger partial charge in [0.15, 0.2) is 0 Å². The van der Waals surface area contributed by atoms with Gasteiger partial charge in [-0.15, -0.1) is 0 Å². The first-order valence-corrected chi connectivity index (χ1v) is 9.81. The van der Waals surface area contributed by atoms with Crippen LogP contribution >= 0.6 is 0 Å². The van der Waals surface area contributed by atoms with Gasteiger partial charge in [-0.05, 0) is 56.9 Å². The maximum atomic E-state index is 12.5. The minimum atomic E-state index is -0.253. The van der Waals surface area contributed by atoms with Crippen LogP contribution in [0.4, 0.5) is 11.4 Å². The summed E-state index contributed by atoms with van der Waals surface area (Å²) in [5.74, 6) is 0.340. The highest BCUT2D eigenvalue weighted by atomic mass is 16.2. The molecule has 144 valence electrons. The lowest BCUT2D eigenvalue weighted by Crippen LogP contribution is -2.34. The Morgan fingerprint density at radius 3 is 2.58 bits per heavy atom. The van der Waals surface area contributed by atoms with E-state index in [0.29, 0.717) is 25.4 Å². The molecule has 1 heterocycles. The van der Waals surface area contributed by atoms with Gasteiger partial charge in [0.2, 0.25) is 11.8 Å². The number of aryl methyl sites for hydroxylation is 1. The van der Waals surface area contributed by atoms with Gasteiger partial charge >= 0.3 is 0 Å². The van der Waals surface area contributed by atoms with Crippen LogP contribution in [0.3, 0.4) is 0 Å². The highest BCUT2D eigenvalue weighted by Gasteiger charge is 2.35. The van der Waals surface area contributed by atoms with E-state index >= 15 is 0 Å². The van der Waals surface area contributed by atoms with Crippen molar-refractivity contribution in [2.45, 2.75) is 47.5 Å². The molecule has 1 N–H and O–H groups in total. The number of nitrogens with one attached hydrogen (secondary N) is 1. The predicted molar refractivity (Wildman–Crippen MR) is 108 cm³/mol. The zero-order valence-corrected chi connectivity index (χ0v) is 16.8. The minimum absolute atomic E-state index is 0.00101. The maximum absolute atomic E-state index is 12.5. The van der Waals surface area contributed by atoms with Gasteiger partial charge in [-0.1, -0.05) is 13.8 Å². The fourth-order valence-electron chi connectivity index (χ4n) is 3.47. The van der Waals surface area contributed by atoms with Crippen LogP contribution < -0.4 is 15.1 Å². The molecule has 1 atom stereocenters. The third kappa shape index (κ3) is 4.77. The van der Waals surface area contributed by atoms with E-state index in [4.69, 9.17) is 0 Å². The lowest BCUT2D eigenvalue weighted by atomic mass is 10.1. The van der Waals surface area contributed by atoms with E-state index in [9.17, 15) is 9.59 Å². The van der Waals surface area contributed by atoms with Crippen LogP contribution in [0.25, 0.3) is 0 Å². The fraction of sp³-hybridized carbons (Fsp3) is 0.619. The van der Waals surface area contributed by atoms with Crippen LogP contribution in [0.2, 0.25) is 0 Å². The molecule has 0 spiro atoms. The van der Waals surface area contributed by atoms with Crippen molar-refractivity contribution in [2.75, 3.05) is 36.0 Å². The molecular weight excluding hydrogens is 326 g/mol. The van der Waals surface area contributed by atoms with E-state index in [1.54, 1.807) is 4.90 Å². The minimum Gasteiger partial charge on any atom is -0.372 e. The SMILES string of the molecule is CCN(CC)c1ccc(N2CC(C(=O)NCCC(C)C)CC2=O)c(C)c1. The van der Waals surface area contributed by atoms with E-state index in [1.165, 1.54) is 5.69 Å². The van der Waals surface area contributed by atoms with Crippen LogP contribution in [0.5, 0.6) is 0 Å². The lowest BCUT2D eigenvalue weighted by Gasteiger charge is -2.24. The Kier molecular flexibility index (Phi) is 7.06. The highest BCUT2D eigenvalue weighted by molar-refractivity contribution is 6.01. The van der Waals surface area contributed by atoms with Crippen molar-refractivity contribution in [3.63, 3.8) is 0 Å². The molecule has 1 fully saturated rings. The van der Waals surface area contributed by atoms with E-state index in [-0.39, 0.29) is 17.7 Å². The second kappa shape index (κ2) is 9.06. The summed E-state index contributed by atoms with van der Waals surface area (Å²) in [6.45, 7) is 13.6. The van der Waals surface area contributed by atoms with Gasteiger partial charge in [-0.3, -0.25) is 9.59 Å². The third-order valence-corrected chi connectivity index (χ3v) is 5.12. The molecule has 2 amide bonds. The number of nitrogens with zero attached hydrogens (tertiary/aromatic N) is 2. The Bertz CT molecular complexity index is 638. The monoisotopic (exact) mass is 359 g/mol. The Balaban J connectivity index is 2.05. The van der Waals surface area contributed by atoms with Gasteiger partial charge in [-0.25, -0.2) is 0 Å². The molecule has 0 aliphatic carbocycles. The number of hydrogen-bond acceptors (Lipinski definition) is 3. The van der Waals surface area contributed by atoms with E-state index < -0.39 is 0 Å². The normalized spacial score (nSPS) is 17.1. The highest BCUT2D eigenvalue weighted by Crippen LogP contribution is 2.30. The van der Waals surface area contributed by atoms with E-state index in [2.05, 4.69) is 50.0 Å². The summed E-state index contributed by atoms with van der Waals surface area (Å²) in [6.07, 6.45) is 1.26. The van der Waals surface area contributed by atoms with E-state index in [1.807, 2.05) is 13.0 Å². The zero-order valence-electron chi connectivity index (χ0n) is 16.8. The fourth-order valence-corrected chi connectivity index (χ4v) is 3.47. The average molecular weight is 360 g/mol. The van der Waals surface area contributed by atoms with Crippen molar-refractivity contribution in [1.82, 2.24) is 5.32 Å². The second-order valence-corrected chi connectivity index (χ2v) is 7.52. The molecule has 1 saturated heterocycles. The molecule has 0 bridgehead atoms. The molecule has 0 radical (unpaired) electrons. The maximum Gasteiger partial charge on any atom is 0.227 e. The quantitative estimate of drug-likeness (QED) is 0.774. The molecule has 26 heavy (non-hydrogen) atoms. The van der Waals surface area contributed by atoms with Crippen molar-refractivity contribution in [3.8, 4) is 0 Å². The number of hydrogen-bond donors (Lipinski definition) is 1. The predicted octanol–water partition coefficient (Wildman–Crippen LogP) is 3.36. The molecular formula is C21H33N3O2. The van der Waals surface area contributed by atoms with Gasteiger partial charge in [0.1, 0.15) is 0 Å². The molecule has 5 heteroatoms. The van der Waals surface area contributed by atoms with Gasteiger partial charge in [0, 0.05) is 44.0 Å². The largest absolute Gasteiger partial charge is 0.372 e. The number of benzene rings is 1. The van der Waals surface area contributed by atoms with Crippen LogP contribution in [0, 0.1) is 18.8 Å². The standard InChI is InChI=1S/C21H33N3O2/c1-6-23(7-2)18-8-9-19(16(5)12-18)24-14-17(13-20(24)25)21(26)22-11-10-15(3)4/h8-9,12,15,17H,6-7,10-11,13-14H2,1-5H3,(H,22,26). The number of amides is 2. The van der Waals surface area contributed by atoms with Crippen molar-refractivity contribution in [1.29, 1.82) is 0 Å².